The molecule has 0 radical (unpaired) electrons. The SMILES string of the molecule is O=C(O)Cc1coc2ccc(Oc3c(F)cc(C(F)(F)F)cc3Cl)cc12. The minimum atomic E-state index is -4.75. The van der Waals surface area contributed by atoms with Crippen LogP contribution in [0.5, 0.6) is 11.5 Å². The molecule has 2 aromatic carbocycles. The minimum absolute atomic E-state index is 0.0612. The van der Waals surface area contributed by atoms with Crippen molar-refractivity contribution >= 4 is 28.5 Å². The second-order valence-electron chi connectivity index (χ2n) is 5.36. The van der Waals surface area contributed by atoms with Gasteiger partial charge in [0.05, 0.1) is 23.3 Å². The van der Waals surface area contributed by atoms with E-state index in [1.807, 2.05) is 0 Å². The van der Waals surface area contributed by atoms with E-state index in [1.165, 1.54) is 24.5 Å². The molecule has 26 heavy (non-hydrogen) atoms. The Morgan fingerprint density at radius 3 is 2.58 bits per heavy atom. The number of carbonyl (C=O) groups is 1. The standard InChI is InChI=1S/C17H9ClF4O4/c18-12-4-9(17(20,21)22)5-13(19)16(12)26-10-1-2-14-11(6-10)8(7-25-14)3-15(23)24/h1-2,4-7H,3H2,(H,23,24). The van der Waals surface area contributed by atoms with Crippen molar-refractivity contribution in [1.82, 2.24) is 0 Å². The molecule has 136 valence electrons. The summed E-state index contributed by atoms with van der Waals surface area (Å²) in [6.07, 6.45) is -3.77. The van der Waals surface area contributed by atoms with Crippen LogP contribution in [-0.2, 0) is 17.4 Å². The highest BCUT2D eigenvalue weighted by molar-refractivity contribution is 6.32. The summed E-state index contributed by atoms with van der Waals surface area (Å²) in [5.41, 5.74) is -0.481. The Hall–Kier alpha value is -2.74. The lowest BCUT2D eigenvalue weighted by atomic mass is 10.1. The first-order valence-electron chi connectivity index (χ1n) is 7.11. The molecule has 0 saturated heterocycles. The first-order chi connectivity index (χ1) is 12.1. The Labute approximate surface area is 148 Å². The van der Waals surface area contributed by atoms with Crippen LogP contribution in [0.4, 0.5) is 17.6 Å². The number of rotatable bonds is 4. The molecule has 0 saturated carbocycles. The number of fused-ring (bicyclic) bond motifs is 1. The van der Waals surface area contributed by atoms with Crippen LogP contribution in [0.1, 0.15) is 11.1 Å². The molecular weight excluding hydrogens is 380 g/mol. The minimum Gasteiger partial charge on any atom is -0.481 e. The van der Waals surface area contributed by atoms with Crippen molar-refractivity contribution in [2.75, 3.05) is 0 Å². The number of hydrogen-bond donors (Lipinski definition) is 1. The molecule has 4 nitrogen and oxygen atoms in total. The van der Waals surface area contributed by atoms with Crippen molar-refractivity contribution in [3.8, 4) is 11.5 Å². The van der Waals surface area contributed by atoms with Crippen molar-refractivity contribution in [3.05, 3.63) is 58.6 Å². The fraction of sp³-hybridized carbons (Fsp3) is 0.118. The average molecular weight is 389 g/mol. The molecule has 0 spiro atoms. The Kier molecular flexibility index (Phi) is 4.53. The van der Waals surface area contributed by atoms with E-state index in [0.717, 1.165) is 0 Å². The summed E-state index contributed by atoms with van der Waals surface area (Å²) >= 11 is 5.73. The van der Waals surface area contributed by atoms with Crippen LogP contribution in [0.25, 0.3) is 11.0 Å². The van der Waals surface area contributed by atoms with E-state index >= 15 is 0 Å². The number of furan rings is 1. The average Bonchev–Trinajstić information content (AvgIpc) is 2.91. The van der Waals surface area contributed by atoms with Crippen molar-refractivity contribution in [1.29, 1.82) is 0 Å². The lowest BCUT2D eigenvalue weighted by Crippen LogP contribution is -2.06. The predicted molar refractivity (Wildman–Crippen MR) is 84.0 cm³/mol. The predicted octanol–water partition coefficient (Wildman–Crippen LogP) is 5.66. The van der Waals surface area contributed by atoms with Crippen LogP contribution in [0.2, 0.25) is 5.02 Å². The Bertz CT molecular complexity index is 971. The topological polar surface area (TPSA) is 59.7 Å². The third kappa shape index (κ3) is 3.60. The van der Waals surface area contributed by atoms with Crippen molar-refractivity contribution in [3.63, 3.8) is 0 Å². The van der Waals surface area contributed by atoms with E-state index in [4.69, 9.17) is 25.9 Å². The number of carboxylic acids is 1. The summed E-state index contributed by atoms with van der Waals surface area (Å²) in [4.78, 5) is 10.9. The molecule has 0 aliphatic heterocycles. The van der Waals surface area contributed by atoms with E-state index < -0.39 is 34.3 Å². The first-order valence-corrected chi connectivity index (χ1v) is 7.49. The summed E-state index contributed by atoms with van der Waals surface area (Å²) < 4.78 is 62.5. The molecule has 9 heteroatoms. The number of carboxylic acid groups (broad SMARTS) is 1. The number of benzene rings is 2. The fourth-order valence-corrected chi connectivity index (χ4v) is 2.61. The molecule has 0 amide bonds. The van der Waals surface area contributed by atoms with Crippen molar-refractivity contribution < 1.29 is 36.6 Å². The zero-order valence-electron chi connectivity index (χ0n) is 12.7. The summed E-state index contributed by atoms with van der Waals surface area (Å²) in [5.74, 6) is -2.85. The molecule has 0 aliphatic rings. The van der Waals surface area contributed by atoms with Gasteiger partial charge in [0.1, 0.15) is 11.3 Å². The molecule has 0 bridgehead atoms. The first kappa shape index (κ1) is 18.1. The van der Waals surface area contributed by atoms with Gasteiger partial charge in [-0.25, -0.2) is 4.39 Å². The molecule has 1 heterocycles. The van der Waals surface area contributed by atoms with Crippen LogP contribution in [0, 0.1) is 5.82 Å². The van der Waals surface area contributed by atoms with Gasteiger partial charge in [-0.3, -0.25) is 4.79 Å². The van der Waals surface area contributed by atoms with Gasteiger partial charge in [0.25, 0.3) is 0 Å². The maximum Gasteiger partial charge on any atom is 0.416 e. The van der Waals surface area contributed by atoms with E-state index in [-0.39, 0.29) is 18.2 Å². The highest BCUT2D eigenvalue weighted by atomic mass is 35.5. The van der Waals surface area contributed by atoms with Gasteiger partial charge in [0.15, 0.2) is 11.6 Å². The lowest BCUT2D eigenvalue weighted by molar-refractivity contribution is -0.138. The summed E-state index contributed by atoms with van der Waals surface area (Å²) in [5, 5.41) is 8.76. The van der Waals surface area contributed by atoms with Crippen LogP contribution < -0.4 is 4.74 Å². The zero-order valence-corrected chi connectivity index (χ0v) is 13.5. The molecule has 1 aromatic heterocycles. The van der Waals surface area contributed by atoms with Crippen LogP contribution in [0.3, 0.4) is 0 Å². The number of alkyl halides is 3. The molecule has 1 N–H and O–H groups in total. The van der Waals surface area contributed by atoms with E-state index in [1.54, 1.807) is 0 Å². The smallest absolute Gasteiger partial charge is 0.416 e. The van der Waals surface area contributed by atoms with Gasteiger partial charge in [-0.1, -0.05) is 11.6 Å². The Morgan fingerprint density at radius 1 is 1.23 bits per heavy atom. The van der Waals surface area contributed by atoms with Crippen LogP contribution in [0.15, 0.2) is 41.0 Å². The van der Waals surface area contributed by atoms with E-state index in [0.29, 0.717) is 22.6 Å². The largest absolute Gasteiger partial charge is 0.481 e. The van der Waals surface area contributed by atoms with Crippen molar-refractivity contribution in [2.24, 2.45) is 0 Å². The second-order valence-corrected chi connectivity index (χ2v) is 5.77. The maximum absolute atomic E-state index is 14.0. The molecular formula is C17H9ClF4O4. The fourth-order valence-electron chi connectivity index (χ4n) is 2.36. The quantitative estimate of drug-likeness (QED) is 0.585. The molecule has 3 aromatic rings. The highest BCUT2D eigenvalue weighted by Gasteiger charge is 2.32. The van der Waals surface area contributed by atoms with Crippen molar-refractivity contribution in [2.45, 2.75) is 12.6 Å². The Morgan fingerprint density at radius 2 is 1.96 bits per heavy atom. The van der Waals surface area contributed by atoms with E-state index in [2.05, 4.69) is 0 Å². The van der Waals surface area contributed by atoms with Gasteiger partial charge >= 0.3 is 12.1 Å². The molecule has 0 atom stereocenters. The second kappa shape index (κ2) is 6.53. The van der Waals surface area contributed by atoms with Gasteiger partial charge in [-0.15, -0.1) is 0 Å². The van der Waals surface area contributed by atoms with Gasteiger partial charge in [-0.05, 0) is 30.3 Å². The van der Waals surface area contributed by atoms with Gasteiger partial charge in [0, 0.05) is 10.9 Å². The third-order valence-corrected chi connectivity index (χ3v) is 3.79. The number of halogens is 5. The number of hydrogen-bond acceptors (Lipinski definition) is 3. The summed E-state index contributed by atoms with van der Waals surface area (Å²) in [6.45, 7) is 0. The molecule has 0 unspecified atom stereocenters. The zero-order chi connectivity index (χ0) is 19.1. The van der Waals surface area contributed by atoms with E-state index in [9.17, 15) is 22.4 Å². The number of aliphatic carboxylic acids is 1. The summed E-state index contributed by atoms with van der Waals surface area (Å²) in [6, 6.07) is 5.10. The normalized spacial score (nSPS) is 11.7. The lowest BCUT2D eigenvalue weighted by Gasteiger charge is -2.12. The molecule has 0 fully saturated rings. The van der Waals surface area contributed by atoms with Gasteiger partial charge in [0.2, 0.25) is 0 Å². The maximum atomic E-state index is 14.0. The monoisotopic (exact) mass is 388 g/mol. The molecule has 3 rings (SSSR count). The number of ether oxygens (including phenoxy) is 1. The van der Waals surface area contributed by atoms with Gasteiger partial charge < -0.3 is 14.3 Å². The van der Waals surface area contributed by atoms with Crippen LogP contribution in [-0.4, -0.2) is 11.1 Å². The summed E-state index contributed by atoms with van der Waals surface area (Å²) in [7, 11) is 0. The third-order valence-electron chi connectivity index (χ3n) is 3.51. The molecule has 0 aliphatic carbocycles. The Balaban J connectivity index is 1.97. The van der Waals surface area contributed by atoms with Gasteiger partial charge in [-0.2, -0.15) is 13.2 Å². The van der Waals surface area contributed by atoms with Crippen LogP contribution >= 0.6 is 11.6 Å². The highest BCUT2D eigenvalue weighted by Crippen LogP contribution is 2.39.